The van der Waals surface area contributed by atoms with Gasteiger partial charge in [-0.25, -0.2) is 18.3 Å². The molecule has 0 saturated carbocycles. The maximum Gasteiger partial charge on any atom is 0.341 e. The van der Waals surface area contributed by atoms with Crippen molar-refractivity contribution in [2.45, 2.75) is 13.3 Å². The number of hydrogen-bond acceptors (Lipinski definition) is 5. The summed E-state index contributed by atoms with van der Waals surface area (Å²) in [4.78, 5) is 40.4. The number of hydrogen-bond donors (Lipinski definition) is 2. The van der Waals surface area contributed by atoms with Gasteiger partial charge in [0.1, 0.15) is 22.8 Å². The second-order valence-electron chi connectivity index (χ2n) is 8.98. The highest BCUT2D eigenvalue weighted by Gasteiger charge is 2.26. The van der Waals surface area contributed by atoms with Crippen LogP contribution in [-0.2, 0) is 7.05 Å². The van der Waals surface area contributed by atoms with Crippen molar-refractivity contribution in [2.24, 2.45) is 7.05 Å². The van der Waals surface area contributed by atoms with Gasteiger partial charge in [0.05, 0.1) is 22.3 Å². The van der Waals surface area contributed by atoms with E-state index < -0.39 is 50.7 Å². The molecule has 2 N–H and O–H groups in total. The predicted octanol–water partition coefficient (Wildman–Crippen LogP) is 3.13. The summed E-state index contributed by atoms with van der Waals surface area (Å²) in [6, 6.07) is 9.52. The van der Waals surface area contributed by atoms with E-state index in [0.29, 0.717) is 24.3 Å². The smallest absolute Gasteiger partial charge is 0.341 e. The van der Waals surface area contributed by atoms with Gasteiger partial charge in [-0.05, 0) is 52.2 Å². The van der Waals surface area contributed by atoms with Crippen molar-refractivity contribution in [1.29, 1.82) is 0 Å². The summed E-state index contributed by atoms with van der Waals surface area (Å²) in [5, 5.41) is 11.9. The Morgan fingerprint density at radius 2 is 1.81 bits per heavy atom. The zero-order valence-electron chi connectivity index (χ0n) is 20.9. The molecule has 0 atom stereocenters. The minimum absolute atomic E-state index is 0.0667. The van der Waals surface area contributed by atoms with E-state index >= 15 is 4.39 Å². The molecule has 2 aromatic carbocycles. The number of aromatic carboxylic acids is 1. The molecule has 2 aromatic heterocycles. The normalized spacial score (nSPS) is 11.4. The lowest BCUT2D eigenvalue weighted by atomic mass is 10.1. The van der Waals surface area contributed by atoms with Crippen molar-refractivity contribution in [1.82, 2.24) is 18.8 Å². The number of carboxylic acid groups (broad SMARTS) is 1. The van der Waals surface area contributed by atoms with Crippen LogP contribution in [0.3, 0.4) is 0 Å². The topological polar surface area (TPSA) is 102 Å². The molecule has 11 heteroatoms. The van der Waals surface area contributed by atoms with Gasteiger partial charge < -0.3 is 19.9 Å². The van der Waals surface area contributed by atoms with Crippen LogP contribution in [0.15, 0.2) is 52.2 Å². The first kappa shape index (κ1) is 25.8. The fourth-order valence-corrected chi connectivity index (χ4v) is 4.35. The Morgan fingerprint density at radius 3 is 2.43 bits per heavy atom. The van der Waals surface area contributed by atoms with Crippen molar-refractivity contribution < 1.29 is 18.7 Å². The molecule has 0 amide bonds. The number of benzene rings is 2. The first-order valence-corrected chi connectivity index (χ1v) is 11.6. The van der Waals surface area contributed by atoms with E-state index in [1.54, 1.807) is 49.0 Å². The van der Waals surface area contributed by atoms with Gasteiger partial charge in [-0.1, -0.05) is 18.2 Å². The van der Waals surface area contributed by atoms with E-state index in [9.17, 15) is 23.9 Å². The number of rotatable bonds is 8. The summed E-state index contributed by atoms with van der Waals surface area (Å²) < 4.78 is 34.8. The van der Waals surface area contributed by atoms with Gasteiger partial charge >= 0.3 is 5.97 Å². The number of aromatic nitrogens is 3. The number of pyridine rings is 1. The molecule has 4 rings (SSSR count). The van der Waals surface area contributed by atoms with Gasteiger partial charge in [-0.15, -0.1) is 0 Å². The van der Waals surface area contributed by atoms with Gasteiger partial charge in [-0.3, -0.25) is 14.3 Å². The van der Waals surface area contributed by atoms with Crippen molar-refractivity contribution in [3.05, 3.63) is 86.1 Å². The van der Waals surface area contributed by atoms with Crippen LogP contribution >= 0.6 is 0 Å². The minimum Gasteiger partial charge on any atom is -0.477 e. The highest BCUT2D eigenvalue weighted by atomic mass is 19.1. The Kier molecular flexibility index (Phi) is 6.99. The van der Waals surface area contributed by atoms with E-state index in [0.717, 1.165) is 16.8 Å². The number of nitrogens with zero attached hydrogens (tertiary/aromatic N) is 4. The minimum atomic E-state index is -1.58. The fourth-order valence-electron chi connectivity index (χ4n) is 4.35. The summed E-state index contributed by atoms with van der Waals surface area (Å²) in [6.45, 7) is 2.54. The number of anilines is 1. The lowest BCUT2D eigenvalue weighted by Gasteiger charge is -2.16. The Hall–Kier alpha value is -4.25. The summed E-state index contributed by atoms with van der Waals surface area (Å²) >= 11 is 0. The molecule has 0 aliphatic rings. The number of para-hydroxylation sites is 1. The van der Waals surface area contributed by atoms with Crippen LogP contribution in [0.4, 0.5) is 14.5 Å². The molecule has 2 heterocycles. The Labute approximate surface area is 210 Å². The van der Waals surface area contributed by atoms with Crippen LogP contribution in [0.2, 0.25) is 0 Å². The maximum atomic E-state index is 15.9. The summed E-state index contributed by atoms with van der Waals surface area (Å²) in [6.07, 6.45) is 1.51. The highest BCUT2D eigenvalue weighted by Crippen LogP contribution is 2.29. The van der Waals surface area contributed by atoms with Crippen LogP contribution in [0.25, 0.3) is 22.3 Å². The first-order valence-electron chi connectivity index (χ1n) is 11.6. The molecule has 0 aliphatic heterocycles. The number of halogens is 2. The molecule has 194 valence electrons. The molecular weight excluding hydrogens is 484 g/mol. The summed E-state index contributed by atoms with van der Waals surface area (Å²) in [7, 11) is 5.38. The summed E-state index contributed by atoms with van der Waals surface area (Å²) in [5.41, 5.74) is -2.35. The molecule has 0 fully saturated rings. The SMILES string of the molecule is Cc1c(-n2cc(C(=O)O)c(=O)c3cc(F)c(NCCCN(C)C)c(F)c32)c(=O)n(-c2ccccc2)n1C. The van der Waals surface area contributed by atoms with Crippen LogP contribution < -0.4 is 16.3 Å². The zero-order chi connectivity index (χ0) is 27.0. The molecule has 37 heavy (non-hydrogen) atoms. The quantitative estimate of drug-likeness (QED) is 0.353. The molecule has 0 saturated heterocycles. The highest BCUT2D eigenvalue weighted by molar-refractivity contribution is 5.94. The molecule has 0 bridgehead atoms. The van der Waals surface area contributed by atoms with Gasteiger partial charge in [0.2, 0.25) is 5.43 Å². The fraction of sp³-hybridized carbons (Fsp3) is 0.269. The van der Waals surface area contributed by atoms with Gasteiger partial charge in [0.15, 0.2) is 5.82 Å². The van der Waals surface area contributed by atoms with Crippen molar-refractivity contribution in [3.63, 3.8) is 0 Å². The molecular formula is C26H27F2N5O4. The van der Waals surface area contributed by atoms with Gasteiger partial charge in [0, 0.05) is 19.8 Å². The average molecular weight is 512 g/mol. The largest absolute Gasteiger partial charge is 0.477 e. The third-order valence-electron chi connectivity index (χ3n) is 6.26. The Balaban J connectivity index is 2.03. The van der Waals surface area contributed by atoms with E-state index in [2.05, 4.69) is 5.32 Å². The van der Waals surface area contributed by atoms with Crippen LogP contribution in [0.1, 0.15) is 22.5 Å². The lowest BCUT2D eigenvalue weighted by molar-refractivity contribution is 0.0695. The standard InChI is InChI=1S/C26H27F2N5O4/c1-15-22(25(35)33(31(15)4)16-9-6-5-7-10-16)32-14-18(26(36)37)24(34)17-13-19(27)21(20(28)23(17)32)29-11-8-12-30(2)3/h5-7,9-10,13-14,29H,8,11-12H2,1-4H3,(H,36,37). The van der Waals surface area contributed by atoms with E-state index in [1.807, 2.05) is 19.0 Å². The van der Waals surface area contributed by atoms with Crippen LogP contribution in [-0.4, -0.2) is 57.1 Å². The second kappa shape index (κ2) is 10.0. The van der Waals surface area contributed by atoms with Crippen molar-refractivity contribution in [2.75, 3.05) is 32.5 Å². The van der Waals surface area contributed by atoms with Gasteiger partial charge in [0.25, 0.3) is 5.56 Å². The third-order valence-corrected chi connectivity index (χ3v) is 6.26. The third kappa shape index (κ3) is 4.53. The molecule has 9 nitrogen and oxygen atoms in total. The molecule has 0 spiro atoms. The predicted molar refractivity (Wildman–Crippen MR) is 137 cm³/mol. The molecule has 0 unspecified atom stereocenters. The number of fused-ring (bicyclic) bond motifs is 1. The molecule has 0 aliphatic carbocycles. The maximum absolute atomic E-state index is 15.9. The van der Waals surface area contributed by atoms with Gasteiger partial charge in [-0.2, -0.15) is 0 Å². The second-order valence-corrected chi connectivity index (χ2v) is 8.98. The first-order chi connectivity index (χ1) is 17.5. The monoisotopic (exact) mass is 511 g/mol. The van der Waals surface area contributed by atoms with Crippen LogP contribution in [0, 0.1) is 18.6 Å². The van der Waals surface area contributed by atoms with Crippen molar-refractivity contribution in [3.8, 4) is 11.4 Å². The average Bonchev–Trinajstić information content (AvgIpc) is 3.07. The number of carbonyl (C=O) groups is 1. The van der Waals surface area contributed by atoms with E-state index in [-0.39, 0.29) is 12.2 Å². The summed E-state index contributed by atoms with van der Waals surface area (Å²) in [5.74, 6) is -3.71. The zero-order valence-corrected chi connectivity index (χ0v) is 20.9. The van der Waals surface area contributed by atoms with Crippen molar-refractivity contribution >= 4 is 22.6 Å². The Bertz CT molecular complexity index is 1620. The lowest BCUT2D eigenvalue weighted by Crippen LogP contribution is -2.24. The van der Waals surface area contributed by atoms with E-state index in [4.69, 9.17) is 0 Å². The molecule has 0 radical (unpaired) electrons. The Morgan fingerprint density at radius 1 is 1.14 bits per heavy atom. The number of carboxylic acids is 1. The number of nitrogens with one attached hydrogen (secondary N) is 1. The molecule has 4 aromatic rings. The van der Waals surface area contributed by atoms with Crippen LogP contribution in [0.5, 0.6) is 0 Å². The van der Waals surface area contributed by atoms with E-state index in [1.165, 1.54) is 4.68 Å².